The van der Waals surface area contributed by atoms with Crippen molar-refractivity contribution in [2.75, 3.05) is 4.90 Å². The first-order chi connectivity index (χ1) is 13.0. The molecule has 4 aliphatic rings. The number of aliphatic hydroxyl groups is 1. The van der Waals surface area contributed by atoms with Crippen LogP contribution in [0, 0.1) is 37.5 Å². The monoisotopic (exact) mass is 361 g/mol. The molecule has 27 heavy (non-hydrogen) atoms. The van der Waals surface area contributed by atoms with E-state index in [-0.39, 0.29) is 35.7 Å². The van der Waals surface area contributed by atoms with Gasteiger partial charge in [-0.2, -0.15) is 0 Å². The van der Waals surface area contributed by atoms with Gasteiger partial charge in [0.15, 0.2) is 5.72 Å². The molecule has 1 amide bonds. The van der Waals surface area contributed by atoms with Crippen molar-refractivity contribution >= 4 is 11.6 Å². The summed E-state index contributed by atoms with van der Waals surface area (Å²) >= 11 is 0. The van der Waals surface area contributed by atoms with Crippen LogP contribution in [0.25, 0.3) is 0 Å². The molecule has 2 heterocycles. The number of aryl methyl sites for hydroxylation is 2. The molecule has 7 unspecified atom stereocenters. The smallest absolute Gasteiger partial charge is 0.233 e. The van der Waals surface area contributed by atoms with Gasteiger partial charge in [-0.15, -0.1) is 0 Å². The van der Waals surface area contributed by atoms with E-state index >= 15 is 0 Å². The summed E-state index contributed by atoms with van der Waals surface area (Å²) < 4.78 is 6.68. The van der Waals surface area contributed by atoms with Crippen LogP contribution in [0.5, 0.6) is 0 Å². The zero-order valence-electron chi connectivity index (χ0n) is 15.5. The minimum atomic E-state index is -0.799. The molecule has 4 heteroatoms. The number of fused-ring (bicyclic) bond motifs is 2. The van der Waals surface area contributed by atoms with Crippen molar-refractivity contribution in [3.05, 3.63) is 65.2 Å². The standard InChI is InChI=1S/C23H23NO3/c1-12-3-7-14(8-4-12)23-19-17-11-16(20(25)21(17)27-23)18(19)22(26)24(23)15-9-5-13(2)6-10-15/h3-10,16-21,25H,11H2,1-2H3. The molecule has 2 aliphatic carbocycles. The molecule has 2 saturated carbocycles. The van der Waals surface area contributed by atoms with E-state index in [9.17, 15) is 9.90 Å². The van der Waals surface area contributed by atoms with E-state index in [1.54, 1.807) is 0 Å². The number of hydrogen-bond donors (Lipinski definition) is 1. The summed E-state index contributed by atoms with van der Waals surface area (Å²) in [4.78, 5) is 15.5. The van der Waals surface area contributed by atoms with Gasteiger partial charge in [0.2, 0.25) is 5.91 Å². The molecule has 4 nitrogen and oxygen atoms in total. The van der Waals surface area contributed by atoms with Crippen molar-refractivity contribution in [2.24, 2.45) is 23.7 Å². The summed E-state index contributed by atoms with van der Waals surface area (Å²) in [6, 6.07) is 16.5. The van der Waals surface area contributed by atoms with E-state index in [2.05, 4.69) is 31.2 Å². The topological polar surface area (TPSA) is 49.8 Å². The average Bonchev–Trinajstić information content (AvgIpc) is 3.33. The number of carbonyl (C=O) groups excluding carboxylic acids is 1. The summed E-state index contributed by atoms with van der Waals surface area (Å²) in [5, 5.41) is 10.7. The molecule has 1 N–H and O–H groups in total. The third-order valence-corrected chi connectivity index (χ3v) is 7.41. The first kappa shape index (κ1) is 15.8. The maximum Gasteiger partial charge on any atom is 0.233 e. The minimum absolute atomic E-state index is 0.0280. The van der Waals surface area contributed by atoms with Crippen LogP contribution in [0.3, 0.4) is 0 Å². The molecule has 138 valence electrons. The number of anilines is 1. The second kappa shape index (κ2) is 5.00. The van der Waals surface area contributed by atoms with Gasteiger partial charge in [0.25, 0.3) is 0 Å². The molecule has 6 rings (SSSR count). The van der Waals surface area contributed by atoms with Crippen LogP contribution in [0.15, 0.2) is 48.5 Å². The third kappa shape index (κ3) is 1.74. The van der Waals surface area contributed by atoms with E-state index in [4.69, 9.17) is 4.74 Å². The number of rotatable bonds is 2. The Bertz CT molecular complexity index is 937. The highest BCUT2D eigenvalue weighted by molar-refractivity contribution is 6.00. The summed E-state index contributed by atoms with van der Waals surface area (Å²) in [5.41, 5.74) is 3.46. The summed E-state index contributed by atoms with van der Waals surface area (Å²) in [6.45, 7) is 4.12. The fraction of sp³-hybridized carbons (Fsp3) is 0.435. The Morgan fingerprint density at radius 2 is 1.63 bits per heavy atom. The van der Waals surface area contributed by atoms with Crippen LogP contribution in [0.4, 0.5) is 5.69 Å². The van der Waals surface area contributed by atoms with Crippen LogP contribution >= 0.6 is 0 Å². The van der Waals surface area contributed by atoms with Crippen molar-refractivity contribution in [1.82, 2.24) is 0 Å². The zero-order chi connectivity index (χ0) is 18.5. The summed E-state index contributed by atoms with van der Waals surface area (Å²) in [7, 11) is 0. The van der Waals surface area contributed by atoms with Crippen molar-refractivity contribution < 1.29 is 14.6 Å². The lowest BCUT2D eigenvalue weighted by Gasteiger charge is -2.39. The highest BCUT2D eigenvalue weighted by Gasteiger charge is 2.79. The Hall–Kier alpha value is -2.17. The van der Waals surface area contributed by atoms with E-state index in [0.29, 0.717) is 0 Å². The van der Waals surface area contributed by atoms with Crippen molar-refractivity contribution in [2.45, 2.75) is 38.2 Å². The Morgan fingerprint density at radius 3 is 2.30 bits per heavy atom. The van der Waals surface area contributed by atoms with Gasteiger partial charge in [-0.05, 0) is 44.2 Å². The highest BCUT2D eigenvalue weighted by Crippen LogP contribution is 2.70. The largest absolute Gasteiger partial charge is 0.390 e. The molecule has 7 atom stereocenters. The molecule has 2 bridgehead atoms. The first-order valence-electron chi connectivity index (χ1n) is 9.86. The van der Waals surface area contributed by atoms with E-state index < -0.39 is 11.8 Å². The Morgan fingerprint density at radius 1 is 1.00 bits per heavy atom. The molecular weight excluding hydrogens is 338 g/mol. The quantitative estimate of drug-likeness (QED) is 0.894. The van der Waals surface area contributed by atoms with Crippen molar-refractivity contribution in [3.63, 3.8) is 0 Å². The van der Waals surface area contributed by atoms with Gasteiger partial charge in [-0.1, -0.05) is 47.5 Å². The normalized spacial score (nSPS) is 41.0. The van der Waals surface area contributed by atoms with E-state index in [1.807, 2.05) is 36.1 Å². The fourth-order valence-electron chi connectivity index (χ4n) is 6.35. The molecule has 0 radical (unpaired) electrons. The summed E-state index contributed by atoms with van der Waals surface area (Å²) in [5.74, 6) is 0.365. The van der Waals surface area contributed by atoms with Gasteiger partial charge in [0, 0.05) is 17.2 Å². The Balaban J connectivity index is 1.59. The van der Waals surface area contributed by atoms with Crippen LogP contribution in [0.2, 0.25) is 0 Å². The maximum absolute atomic E-state index is 13.6. The predicted octanol–water partition coefficient (Wildman–Crippen LogP) is 3.14. The molecule has 2 saturated heterocycles. The first-order valence-corrected chi connectivity index (χ1v) is 9.86. The molecule has 2 aromatic rings. The van der Waals surface area contributed by atoms with Gasteiger partial charge >= 0.3 is 0 Å². The third-order valence-electron chi connectivity index (χ3n) is 7.41. The lowest BCUT2D eigenvalue weighted by Crippen LogP contribution is -2.49. The van der Waals surface area contributed by atoms with E-state index in [1.165, 1.54) is 11.1 Å². The van der Waals surface area contributed by atoms with Crippen LogP contribution in [-0.4, -0.2) is 23.2 Å². The molecule has 0 spiro atoms. The Labute approximate surface area is 158 Å². The Kier molecular flexibility index (Phi) is 2.94. The molecule has 0 aromatic heterocycles. The SMILES string of the molecule is Cc1ccc(N2C(=O)C3C4CC5C(OC2(c2ccc(C)cc2)C53)C4O)cc1. The number of benzene rings is 2. The van der Waals surface area contributed by atoms with Crippen LogP contribution in [0.1, 0.15) is 23.1 Å². The van der Waals surface area contributed by atoms with E-state index in [0.717, 1.165) is 17.7 Å². The number of aliphatic hydroxyl groups excluding tert-OH is 1. The number of ether oxygens (including phenoxy) is 1. The van der Waals surface area contributed by atoms with Crippen LogP contribution < -0.4 is 4.90 Å². The average molecular weight is 361 g/mol. The van der Waals surface area contributed by atoms with Crippen LogP contribution in [-0.2, 0) is 15.3 Å². The van der Waals surface area contributed by atoms with Gasteiger partial charge in [-0.3, -0.25) is 9.69 Å². The lowest BCUT2D eigenvalue weighted by molar-refractivity contribution is -0.133. The number of amides is 1. The molecular formula is C23H23NO3. The molecule has 2 aromatic carbocycles. The number of nitrogens with zero attached hydrogens (tertiary/aromatic N) is 1. The fourth-order valence-corrected chi connectivity index (χ4v) is 6.35. The van der Waals surface area contributed by atoms with Crippen molar-refractivity contribution in [3.8, 4) is 0 Å². The van der Waals surface area contributed by atoms with Gasteiger partial charge in [-0.25, -0.2) is 0 Å². The lowest BCUT2D eigenvalue weighted by atomic mass is 9.75. The van der Waals surface area contributed by atoms with Gasteiger partial charge in [0.05, 0.1) is 18.1 Å². The van der Waals surface area contributed by atoms with Gasteiger partial charge in [0.1, 0.15) is 0 Å². The molecule has 2 aliphatic heterocycles. The van der Waals surface area contributed by atoms with Gasteiger partial charge < -0.3 is 9.84 Å². The molecule has 4 fully saturated rings. The number of hydrogen-bond acceptors (Lipinski definition) is 3. The second-order valence-corrected chi connectivity index (χ2v) is 8.76. The predicted molar refractivity (Wildman–Crippen MR) is 101 cm³/mol. The summed E-state index contributed by atoms with van der Waals surface area (Å²) in [6.07, 6.45) is 0.216. The highest BCUT2D eigenvalue weighted by atomic mass is 16.6. The second-order valence-electron chi connectivity index (χ2n) is 8.76. The minimum Gasteiger partial charge on any atom is -0.390 e. The zero-order valence-corrected chi connectivity index (χ0v) is 15.5. The number of carbonyl (C=O) groups is 1. The van der Waals surface area contributed by atoms with Crippen molar-refractivity contribution in [1.29, 1.82) is 0 Å². The maximum atomic E-state index is 13.6.